The molecule has 0 saturated carbocycles. The van der Waals surface area contributed by atoms with E-state index < -0.39 is 0 Å². The Morgan fingerprint density at radius 2 is 2.22 bits per heavy atom. The molecule has 5 nitrogen and oxygen atoms in total. The molecule has 0 aliphatic heterocycles. The van der Waals surface area contributed by atoms with Crippen LogP contribution in [0.3, 0.4) is 0 Å². The average molecular weight is 330 g/mol. The summed E-state index contributed by atoms with van der Waals surface area (Å²) in [7, 11) is 0. The summed E-state index contributed by atoms with van der Waals surface area (Å²) in [6, 6.07) is 11.1. The first-order chi connectivity index (χ1) is 11.1. The van der Waals surface area contributed by atoms with Gasteiger partial charge in [0.05, 0.1) is 11.8 Å². The highest BCUT2D eigenvalue weighted by molar-refractivity contribution is 6.30. The molecular weight excluding hydrogens is 314 g/mol. The highest BCUT2D eigenvalue weighted by Crippen LogP contribution is 2.23. The third-order valence-corrected chi connectivity index (χ3v) is 3.75. The van der Waals surface area contributed by atoms with Gasteiger partial charge in [0.1, 0.15) is 5.69 Å². The molecule has 6 heteroatoms. The molecule has 0 saturated heterocycles. The van der Waals surface area contributed by atoms with Crippen molar-refractivity contribution >= 4 is 17.5 Å². The highest BCUT2D eigenvalue weighted by atomic mass is 35.5. The first-order valence-corrected chi connectivity index (χ1v) is 7.64. The Labute approximate surface area is 138 Å². The van der Waals surface area contributed by atoms with Crippen LogP contribution in [-0.4, -0.2) is 22.6 Å². The van der Waals surface area contributed by atoms with Crippen molar-refractivity contribution in [2.24, 2.45) is 0 Å². The van der Waals surface area contributed by atoms with Crippen molar-refractivity contribution in [2.75, 3.05) is 6.54 Å². The lowest BCUT2D eigenvalue weighted by molar-refractivity contribution is 0.0954. The second-order valence-corrected chi connectivity index (χ2v) is 5.62. The summed E-state index contributed by atoms with van der Waals surface area (Å²) < 4.78 is 5.33. The number of aromatic nitrogens is 2. The number of benzene rings is 1. The van der Waals surface area contributed by atoms with Gasteiger partial charge in [-0.05, 0) is 43.2 Å². The van der Waals surface area contributed by atoms with E-state index >= 15 is 0 Å². The maximum absolute atomic E-state index is 12.5. The van der Waals surface area contributed by atoms with E-state index in [0.29, 0.717) is 40.7 Å². The molecule has 3 aromatic rings. The smallest absolute Gasteiger partial charge is 0.255 e. The van der Waals surface area contributed by atoms with Crippen molar-refractivity contribution in [3.05, 3.63) is 64.5 Å². The molecule has 0 aliphatic rings. The second kappa shape index (κ2) is 6.71. The Kier molecular flexibility index (Phi) is 4.48. The van der Waals surface area contributed by atoms with Gasteiger partial charge in [0, 0.05) is 17.3 Å². The van der Waals surface area contributed by atoms with Gasteiger partial charge in [0.25, 0.3) is 5.91 Å². The van der Waals surface area contributed by atoms with Gasteiger partial charge in [-0.3, -0.25) is 9.89 Å². The van der Waals surface area contributed by atoms with Crippen LogP contribution in [0.15, 0.2) is 47.1 Å². The van der Waals surface area contributed by atoms with Gasteiger partial charge in [-0.25, -0.2) is 0 Å². The Morgan fingerprint density at radius 1 is 1.35 bits per heavy atom. The summed E-state index contributed by atoms with van der Waals surface area (Å²) in [5.74, 6) is 0.388. The first-order valence-electron chi connectivity index (χ1n) is 7.26. The highest BCUT2D eigenvalue weighted by Gasteiger charge is 2.20. The predicted octanol–water partition coefficient (Wildman–Crippen LogP) is 3.60. The van der Waals surface area contributed by atoms with E-state index in [1.54, 1.807) is 18.4 Å². The topological polar surface area (TPSA) is 70.9 Å². The Balaban J connectivity index is 1.68. The average Bonchev–Trinajstić information content (AvgIpc) is 3.16. The second-order valence-electron chi connectivity index (χ2n) is 5.19. The van der Waals surface area contributed by atoms with E-state index in [4.69, 9.17) is 16.0 Å². The fourth-order valence-corrected chi connectivity index (χ4v) is 2.61. The largest absolute Gasteiger partial charge is 0.463 e. The van der Waals surface area contributed by atoms with E-state index in [-0.39, 0.29) is 5.91 Å². The minimum absolute atomic E-state index is 0.176. The zero-order valence-electron chi connectivity index (χ0n) is 12.6. The maximum atomic E-state index is 12.5. The molecule has 2 heterocycles. The van der Waals surface area contributed by atoms with Crippen molar-refractivity contribution < 1.29 is 9.21 Å². The minimum Gasteiger partial charge on any atom is -0.463 e. The molecular formula is C17H16ClN3O2. The van der Waals surface area contributed by atoms with Gasteiger partial charge < -0.3 is 9.73 Å². The molecule has 0 bridgehead atoms. The van der Waals surface area contributed by atoms with Gasteiger partial charge >= 0.3 is 0 Å². The van der Waals surface area contributed by atoms with Crippen LogP contribution in [0, 0.1) is 6.92 Å². The molecule has 3 rings (SSSR count). The van der Waals surface area contributed by atoms with Gasteiger partial charge in [0.2, 0.25) is 0 Å². The molecule has 2 N–H and O–H groups in total. The van der Waals surface area contributed by atoms with Crippen LogP contribution in [0.1, 0.15) is 21.6 Å². The van der Waals surface area contributed by atoms with E-state index in [1.165, 1.54) is 0 Å². The van der Waals surface area contributed by atoms with Crippen molar-refractivity contribution in [1.29, 1.82) is 0 Å². The summed E-state index contributed by atoms with van der Waals surface area (Å²) in [6.07, 6.45) is 2.26. The molecule has 0 aliphatic carbocycles. The SMILES string of the molecule is Cc1[nH]nc(-c2ccco2)c1C(=O)NCCc1cccc(Cl)c1. The Bertz CT molecular complexity index is 809. The molecule has 0 unspecified atom stereocenters. The molecule has 0 atom stereocenters. The number of aromatic amines is 1. The van der Waals surface area contributed by atoms with E-state index in [1.807, 2.05) is 31.2 Å². The number of nitrogens with zero attached hydrogens (tertiary/aromatic N) is 1. The Morgan fingerprint density at radius 3 is 2.96 bits per heavy atom. The quantitative estimate of drug-likeness (QED) is 0.751. The number of carbonyl (C=O) groups is 1. The summed E-state index contributed by atoms with van der Waals surface area (Å²) in [5, 5.41) is 10.6. The van der Waals surface area contributed by atoms with Crippen LogP contribution in [0.2, 0.25) is 5.02 Å². The standard InChI is InChI=1S/C17H16ClN3O2/c1-11-15(16(21-20-11)14-6-3-9-23-14)17(22)19-8-7-12-4-2-5-13(18)10-12/h2-6,9-10H,7-8H2,1H3,(H,19,22)(H,20,21). The van der Waals surface area contributed by atoms with E-state index in [2.05, 4.69) is 15.5 Å². The van der Waals surface area contributed by atoms with Crippen molar-refractivity contribution in [1.82, 2.24) is 15.5 Å². The van der Waals surface area contributed by atoms with E-state index in [0.717, 1.165) is 5.56 Å². The fourth-order valence-electron chi connectivity index (χ4n) is 2.40. The number of hydrogen-bond donors (Lipinski definition) is 2. The number of halogens is 1. The van der Waals surface area contributed by atoms with Crippen LogP contribution in [0.5, 0.6) is 0 Å². The van der Waals surface area contributed by atoms with Crippen molar-refractivity contribution in [3.8, 4) is 11.5 Å². The van der Waals surface area contributed by atoms with E-state index in [9.17, 15) is 4.79 Å². The molecule has 118 valence electrons. The number of H-pyrrole nitrogens is 1. The normalized spacial score (nSPS) is 10.7. The lowest BCUT2D eigenvalue weighted by Crippen LogP contribution is -2.26. The third-order valence-electron chi connectivity index (χ3n) is 3.52. The van der Waals surface area contributed by atoms with Gasteiger partial charge in [-0.15, -0.1) is 0 Å². The number of nitrogens with one attached hydrogen (secondary N) is 2. The summed E-state index contributed by atoms with van der Waals surface area (Å²) in [5.41, 5.74) is 2.81. The summed E-state index contributed by atoms with van der Waals surface area (Å²) in [4.78, 5) is 12.5. The predicted molar refractivity (Wildman–Crippen MR) is 88.5 cm³/mol. The molecule has 23 heavy (non-hydrogen) atoms. The molecule has 0 spiro atoms. The molecule has 0 fully saturated rings. The molecule has 0 radical (unpaired) electrons. The van der Waals surface area contributed by atoms with Crippen LogP contribution >= 0.6 is 11.6 Å². The van der Waals surface area contributed by atoms with Crippen LogP contribution in [-0.2, 0) is 6.42 Å². The van der Waals surface area contributed by atoms with Gasteiger partial charge in [-0.2, -0.15) is 5.10 Å². The third kappa shape index (κ3) is 3.46. The Hall–Kier alpha value is -2.53. The summed E-state index contributed by atoms with van der Waals surface area (Å²) in [6.45, 7) is 2.33. The minimum atomic E-state index is -0.176. The number of carbonyl (C=O) groups excluding carboxylic acids is 1. The van der Waals surface area contributed by atoms with Crippen molar-refractivity contribution in [2.45, 2.75) is 13.3 Å². The number of aryl methyl sites for hydroxylation is 1. The monoisotopic (exact) mass is 329 g/mol. The maximum Gasteiger partial charge on any atom is 0.255 e. The zero-order chi connectivity index (χ0) is 16.2. The molecule has 1 aromatic carbocycles. The van der Waals surface area contributed by atoms with Gasteiger partial charge in [0.15, 0.2) is 5.76 Å². The number of rotatable bonds is 5. The molecule has 2 aromatic heterocycles. The number of amides is 1. The van der Waals surface area contributed by atoms with Crippen molar-refractivity contribution in [3.63, 3.8) is 0 Å². The molecule has 1 amide bonds. The first kappa shape index (κ1) is 15.4. The van der Waals surface area contributed by atoms with Crippen LogP contribution < -0.4 is 5.32 Å². The lowest BCUT2D eigenvalue weighted by atomic mass is 10.1. The number of hydrogen-bond acceptors (Lipinski definition) is 3. The van der Waals surface area contributed by atoms with Crippen LogP contribution in [0.25, 0.3) is 11.5 Å². The van der Waals surface area contributed by atoms with Gasteiger partial charge in [-0.1, -0.05) is 23.7 Å². The van der Waals surface area contributed by atoms with Crippen LogP contribution in [0.4, 0.5) is 0 Å². The lowest BCUT2D eigenvalue weighted by Gasteiger charge is -2.06. The summed E-state index contributed by atoms with van der Waals surface area (Å²) >= 11 is 5.96. The zero-order valence-corrected chi connectivity index (χ0v) is 13.4. The fraction of sp³-hybridized carbons (Fsp3) is 0.176. The number of furan rings is 1.